The molecule has 0 amide bonds. The van der Waals surface area contributed by atoms with E-state index >= 15 is 0 Å². The monoisotopic (exact) mass is 451 g/mol. The molecule has 1 aromatic heterocycles. The SMILES string of the molecule is CN=C(NCCCOC1CCOCC1)NCCCn1cccn1.I. The standard InChI is InChI=1S/C16H29N5O2.HI/c1-17-16(18-7-2-10-21-11-3-9-20-21)19-8-4-12-23-15-5-13-22-14-6-15;/h3,9,11,15H,2,4-8,10,12-14H2,1H3,(H2,17,18,19);1H. The van der Waals surface area contributed by atoms with Crippen LogP contribution in [0.3, 0.4) is 0 Å². The van der Waals surface area contributed by atoms with Crippen LogP contribution < -0.4 is 10.6 Å². The Hall–Kier alpha value is -0.870. The Labute approximate surface area is 161 Å². The molecule has 24 heavy (non-hydrogen) atoms. The second-order valence-corrected chi connectivity index (χ2v) is 5.58. The Kier molecular flexibility index (Phi) is 11.8. The van der Waals surface area contributed by atoms with Crippen molar-refractivity contribution in [3.8, 4) is 0 Å². The first-order valence-electron chi connectivity index (χ1n) is 8.50. The molecule has 2 rings (SSSR count). The Morgan fingerprint density at radius 2 is 2.04 bits per heavy atom. The highest BCUT2D eigenvalue weighted by molar-refractivity contribution is 14.0. The van der Waals surface area contributed by atoms with E-state index in [1.54, 1.807) is 13.2 Å². The molecule has 0 atom stereocenters. The lowest BCUT2D eigenvalue weighted by Crippen LogP contribution is -2.38. The third kappa shape index (κ3) is 8.84. The van der Waals surface area contributed by atoms with Crippen LogP contribution in [-0.2, 0) is 16.0 Å². The third-order valence-corrected chi connectivity index (χ3v) is 3.77. The molecular formula is C16H30IN5O2. The van der Waals surface area contributed by atoms with E-state index in [9.17, 15) is 0 Å². The Bertz CT molecular complexity index is 436. The minimum Gasteiger partial charge on any atom is -0.381 e. The Morgan fingerprint density at radius 3 is 2.71 bits per heavy atom. The summed E-state index contributed by atoms with van der Waals surface area (Å²) in [6, 6.07) is 1.94. The first-order chi connectivity index (χ1) is 11.4. The zero-order valence-electron chi connectivity index (χ0n) is 14.4. The number of halogens is 1. The fourth-order valence-corrected chi connectivity index (χ4v) is 2.47. The largest absolute Gasteiger partial charge is 0.381 e. The van der Waals surface area contributed by atoms with Crippen LogP contribution in [0.5, 0.6) is 0 Å². The van der Waals surface area contributed by atoms with Crippen LogP contribution in [0.15, 0.2) is 23.5 Å². The van der Waals surface area contributed by atoms with Crippen molar-refractivity contribution in [2.24, 2.45) is 4.99 Å². The minimum atomic E-state index is 0. The van der Waals surface area contributed by atoms with Gasteiger partial charge in [0.25, 0.3) is 0 Å². The highest BCUT2D eigenvalue weighted by Crippen LogP contribution is 2.10. The Balaban J connectivity index is 0.00000288. The average Bonchev–Trinajstić information content (AvgIpc) is 3.11. The van der Waals surface area contributed by atoms with Gasteiger partial charge in [-0.05, 0) is 31.7 Å². The van der Waals surface area contributed by atoms with Crippen LogP contribution in [0.25, 0.3) is 0 Å². The van der Waals surface area contributed by atoms with Crippen molar-refractivity contribution in [3.63, 3.8) is 0 Å². The molecule has 0 aromatic carbocycles. The molecule has 0 bridgehead atoms. The normalized spacial score (nSPS) is 15.8. The summed E-state index contributed by atoms with van der Waals surface area (Å²) in [7, 11) is 1.79. The number of nitrogens with zero attached hydrogens (tertiary/aromatic N) is 3. The highest BCUT2D eigenvalue weighted by atomic mass is 127. The first-order valence-corrected chi connectivity index (χ1v) is 8.50. The van der Waals surface area contributed by atoms with E-state index in [1.807, 2.05) is 16.9 Å². The van der Waals surface area contributed by atoms with Crippen molar-refractivity contribution in [3.05, 3.63) is 18.5 Å². The Morgan fingerprint density at radius 1 is 1.29 bits per heavy atom. The summed E-state index contributed by atoms with van der Waals surface area (Å²) >= 11 is 0. The maximum absolute atomic E-state index is 5.85. The zero-order chi connectivity index (χ0) is 16.2. The van der Waals surface area contributed by atoms with Gasteiger partial charge in [-0.1, -0.05) is 0 Å². The molecular weight excluding hydrogens is 421 g/mol. The molecule has 7 nitrogen and oxygen atoms in total. The topological polar surface area (TPSA) is 72.7 Å². The summed E-state index contributed by atoms with van der Waals surface area (Å²) in [6.07, 6.45) is 8.19. The molecule has 2 heterocycles. The molecule has 138 valence electrons. The van der Waals surface area contributed by atoms with Crippen LogP contribution in [-0.4, -0.2) is 61.8 Å². The van der Waals surface area contributed by atoms with Crippen molar-refractivity contribution in [2.45, 2.75) is 38.3 Å². The van der Waals surface area contributed by atoms with Crippen molar-refractivity contribution < 1.29 is 9.47 Å². The first kappa shape index (κ1) is 21.2. The van der Waals surface area contributed by atoms with Crippen molar-refractivity contribution in [1.29, 1.82) is 0 Å². The van der Waals surface area contributed by atoms with Crippen molar-refractivity contribution >= 4 is 29.9 Å². The number of ether oxygens (including phenoxy) is 2. The summed E-state index contributed by atoms with van der Waals surface area (Å²) in [5, 5.41) is 10.8. The van der Waals surface area contributed by atoms with Gasteiger partial charge in [-0.2, -0.15) is 5.10 Å². The predicted octanol–water partition coefficient (Wildman–Crippen LogP) is 1.64. The van der Waals surface area contributed by atoms with Crippen LogP contribution in [0.1, 0.15) is 25.7 Å². The van der Waals surface area contributed by atoms with E-state index in [2.05, 4.69) is 20.7 Å². The number of aromatic nitrogens is 2. The smallest absolute Gasteiger partial charge is 0.190 e. The van der Waals surface area contributed by atoms with Crippen LogP contribution in [0.4, 0.5) is 0 Å². The fraction of sp³-hybridized carbons (Fsp3) is 0.750. The van der Waals surface area contributed by atoms with Gasteiger partial charge in [-0.3, -0.25) is 9.67 Å². The number of rotatable bonds is 9. The van der Waals surface area contributed by atoms with E-state index in [0.717, 1.165) is 71.1 Å². The second kappa shape index (κ2) is 13.4. The van der Waals surface area contributed by atoms with Gasteiger partial charge in [0.15, 0.2) is 5.96 Å². The van der Waals surface area contributed by atoms with Crippen LogP contribution in [0, 0.1) is 0 Å². The lowest BCUT2D eigenvalue weighted by atomic mass is 10.1. The number of hydrogen-bond donors (Lipinski definition) is 2. The molecule has 0 unspecified atom stereocenters. The van der Waals surface area contributed by atoms with Crippen molar-refractivity contribution in [2.75, 3.05) is 40.0 Å². The van der Waals surface area contributed by atoms with E-state index < -0.39 is 0 Å². The maximum atomic E-state index is 5.85. The van der Waals surface area contributed by atoms with Gasteiger partial charge in [-0.15, -0.1) is 24.0 Å². The quantitative estimate of drug-likeness (QED) is 0.259. The molecule has 1 fully saturated rings. The molecule has 1 aliphatic rings. The number of aliphatic imine (C=N–C) groups is 1. The number of aryl methyl sites for hydroxylation is 1. The summed E-state index contributed by atoms with van der Waals surface area (Å²) in [4.78, 5) is 4.22. The van der Waals surface area contributed by atoms with E-state index in [0.29, 0.717) is 6.10 Å². The lowest BCUT2D eigenvalue weighted by molar-refractivity contribution is -0.0320. The summed E-state index contributed by atoms with van der Waals surface area (Å²) in [5.41, 5.74) is 0. The van der Waals surface area contributed by atoms with Gasteiger partial charge >= 0.3 is 0 Å². The van der Waals surface area contributed by atoms with E-state index in [1.165, 1.54) is 0 Å². The molecule has 0 saturated carbocycles. The second-order valence-electron chi connectivity index (χ2n) is 5.58. The summed E-state index contributed by atoms with van der Waals surface area (Å²) in [5.74, 6) is 0.844. The predicted molar refractivity (Wildman–Crippen MR) is 106 cm³/mol. The molecule has 2 N–H and O–H groups in total. The van der Waals surface area contributed by atoms with Gasteiger partial charge in [-0.25, -0.2) is 0 Å². The van der Waals surface area contributed by atoms with Crippen LogP contribution >= 0.6 is 24.0 Å². The molecule has 8 heteroatoms. The van der Waals surface area contributed by atoms with Crippen LogP contribution in [0.2, 0.25) is 0 Å². The zero-order valence-corrected chi connectivity index (χ0v) is 16.8. The molecule has 0 aliphatic carbocycles. The molecule has 1 aliphatic heterocycles. The molecule has 1 saturated heterocycles. The number of nitrogens with one attached hydrogen (secondary N) is 2. The minimum absolute atomic E-state index is 0. The van der Waals surface area contributed by atoms with E-state index in [-0.39, 0.29) is 24.0 Å². The van der Waals surface area contributed by atoms with Crippen molar-refractivity contribution in [1.82, 2.24) is 20.4 Å². The molecule has 0 spiro atoms. The summed E-state index contributed by atoms with van der Waals surface area (Å²) in [6.45, 7) is 5.10. The lowest BCUT2D eigenvalue weighted by Gasteiger charge is -2.22. The van der Waals surface area contributed by atoms with E-state index in [4.69, 9.17) is 9.47 Å². The molecule has 0 radical (unpaired) electrons. The number of guanidine groups is 1. The molecule has 1 aromatic rings. The fourth-order valence-electron chi connectivity index (χ4n) is 2.47. The summed E-state index contributed by atoms with van der Waals surface area (Å²) < 4.78 is 13.1. The third-order valence-electron chi connectivity index (χ3n) is 3.77. The maximum Gasteiger partial charge on any atom is 0.190 e. The average molecular weight is 451 g/mol. The van der Waals surface area contributed by atoms with Gasteiger partial charge in [0, 0.05) is 58.9 Å². The van der Waals surface area contributed by atoms with Gasteiger partial charge < -0.3 is 20.1 Å². The highest BCUT2D eigenvalue weighted by Gasteiger charge is 2.13. The number of hydrogen-bond acceptors (Lipinski definition) is 4. The van der Waals surface area contributed by atoms with Gasteiger partial charge in [0.05, 0.1) is 6.10 Å². The van der Waals surface area contributed by atoms with Gasteiger partial charge in [0.2, 0.25) is 0 Å². The van der Waals surface area contributed by atoms with Gasteiger partial charge in [0.1, 0.15) is 0 Å².